The lowest BCUT2D eigenvalue weighted by molar-refractivity contribution is 0.895. The zero-order valence-corrected chi connectivity index (χ0v) is 9.66. The number of hydrogen-bond acceptors (Lipinski definition) is 1. The second-order valence-electron chi connectivity index (χ2n) is 4.11. The van der Waals surface area contributed by atoms with Gasteiger partial charge in [-0.1, -0.05) is 42.5 Å². The molecule has 0 saturated carbocycles. The van der Waals surface area contributed by atoms with Crippen molar-refractivity contribution in [2.75, 3.05) is 18.0 Å². The maximum Gasteiger partial charge on any atom is 0.0387 e. The summed E-state index contributed by atoms with van der Waals surface area (Å²) >= 11 is 0. The Bertz CT molecular complexity index is 322. The monoisotopic (exact) mass is 201 g/mol. The Morgan fingerprint density at radius 3 is 1.87 bits per heavy atom. The van der Waals surface area contributed by atoms with Gasteiger partial charge in [0.15, 0.2) is 0 Å². The van der Waals surface area contributed by atoms with Gasteiger partial charge in [0.1, 0.15) is 0 Å². The van der Waals surface area contributed by atoms with Gasteiger partial charge < -0.3 is 4.90 Å². The topological polar surface area (TPSA) is 3.24 Å². The molecule has 1 aromatic rings. The molecule has 0 atom stereocenters. The molecule has 1 aromatic carbocycles. The van der Waals surface area contributed by atoms with Crippen LogP contribution in [0, 0.1) is 0 Å². The zero-order chi connectivity index (χ0) is 11.3. The van der Waals surface area contributed by atoms with Crippen LogP contribution in [0.1, 0.15) is 13.8 Å². The summed E-state index contributed by atoms with van der Waals surface area (Å²) in [7, 11) is 0. The first-order valence-electron chi connectivity index (χ1n) is 5.18. The number of rotatable bonds is 5. The van der Waals surface area contributed by atoms with Crippen LogP contribution in [0.4, 0.5) is 5.69 Å². The molecule has 1 heteroatoms. The number of hydrogen-bond donors (Lipinski definition) is 0. The maximum atomic E-state index is 3.96. The fourth-order valence-corrected chi connectivity index (χ4v) is 1.53. The maximum absolute atomic E-state index is 3.96. The summed E-state index contributed by atoms with van der Waals surface area (Å²) in [4.78, 5) is 2.28. The van der Waals surface area contributed by atoms with E-state index in [-0.39, 0.29) is 0 Å². The van der Waals surface area contributed by atoms with E-state index in [2.05, 4.69) is 42.3 Å². The van der Waals surface area contributed by atoms with E-state index in [1.165, 1.54) is 16.8 Å². The highest BCUT2D eigenvalue weighted by Crippen LogP contribution is 2.15. The fourth-order valence-electron chi connectivity index (χ4n) is 1.53. The van der Waals surface area contributed by atoms with Crippen molar-refractivity contribution in [2.24, 2.45) is 0 Å². The molecule has 0 fully saturated rings. The van der Waals surface area contributed by atoms with Gasteiger partial charge in [0, 0.05) is 18.8 Å². The van der Waals surface area contributed by atoms with E-state index < -0.39 is 0 Å². The average molecular weight is 201 g/mol. The van der Waals surface area contributed by atoms with Crippen LogP contribution in [0.3, 0.4) is 0 Å². The summed E-state index contributed by atoms with van der Waals surface area (Å²) in [6, 6.07) is 10.4. The van der Waals surface area contributed by atoms with Crippen LogP contribution in [-0.4, -0.2) is 13.1 Å². The van der Waals surface area contributed by atoms with E-state index in [0.717, 1.165) is 13.1 Å². The Morgan fingerprint density at radius 1 is 1.00 bits per heavy atom. The summed E-state index contributed by atoms with van der Waals surface area (Å²) in [6.07, 6.45) is 0. The van der Waals surface area contributed by atoms with Crippen LogP contribution >= 0.6 is 0 Å². The van der Waals surface area contributed by atoms with Gasteiger partial charge in [0.25, 0.3) is 0 Å². The molecule has 1 nitrogen and oxygen atoms in total. The first kappa shape index (κ1) is 11.6. The molecule has 0 aliphatic rings. The third-order valence-corrected chi connectivity index (χ3v) is 2.04. The number of para-hydroxylation sites is 1. The summed E-state index contributed by atoms with van der Waals surface area (Å²) < 4.78 is 0. The van der Waals surface area contributed by atoms with Gasteiger partial charge in [-0.05, 0) is 26.0 Å². The fraction of sp³-hybridized carbons (Fsp3) is 0.286. The van der Waals surface area contributed by atoms with Crippen molar-refractivity contribution in [3.63, 3.8) is 0 Å². The third-order valence-electron chi connectivity index (χ3n) is 2.04. The second kappa shape index (κ2) is 5.40. The predicted molar refractivity (Wildman–Crippen MR) is 68.3 cm³/mol. The number of benzene rings is 1. The molecule has 0 aliphatic carbocycles. The van der Waals surface area contributed by atoms with Crippen LogP contribution in [0.25, 0.3) is 0 Å². The largest absolute Gasteiger partial charge is 0.364 e. The Morgan fingerprint density at radius 2 is 1.47 bits per heavy atom. The van der Waals surface area contributed by atoms with E-state index in [9.17, 15) is 0 Å². The first-order chi connectivity index (χ1) is 7.09. The molecule has 0 bridgehead atoms. The van der Waals surface area contributed by atoms with Crippen LogP contribution in [-0.2, 0) is 0 Å². The quantitative estimate of drug-likeness (QED) is 0.657. The van der Waals surface area contributed by atoms with Crippen molar-refractivity contribution in [3.8, 4) is 0 Å². The summed E-state index contributed by atoms with van der Waals surface area (Å²) in [5.74, 6) is 0. The Kier molecular flexibility index (Phi) is 4.17. The predicted octanol–water partition coefficient (Wildman–Crippen LogP) is 3.65. The summed E-state index contributed by atoms with van der Waals surface area (Å²) in [6.45, 7) is 13.8. The van der Waals surface area contributed by atoms with Crippen LogP contribution in [0.2, 0.25) is 0 Å². The van der Waals surface area contributed by atoms with Crippen molar-refractivity contribution in [1.29, 1.82) is 0 Å². The molecule has 15 heavy (non-hydrogen) atoms. The Balaban J connectivity index is 2.81. The molecule has 0 aliphatic heterocycles. The minimum Gasteiger partial charge on any atom is -0.364 e. The zero-order valence-electron chi connectivity index (χ0n) is 9.66. The van der Waals surface area contributed by atoms with Crippen molar-refractivity contribution in [1.82, 2.24) is 0 Å². The van der Waals surface area contributed by atoms with Gasteiger partial charge in [0.05, 0.1) is 0 Å². The molecular weight excluding hydrogens is 182 g/mol. The van der Waals surface area contributed by atoms with Gasteiger partial charge in [0.2, 0.25) is 0 Å². The molecule has 0 spiro atoms. The molecule has 0 aromatic heterocycles. The van der Waals surface area contributed by atoms with E-state index in [4.69, 9.17) is 0 Å². The van der Waals surface area contributed by atoms with Gasteiger partial charge in [-0.15, -0.1) is 0 Å². The molecule has 1 rings (SSSR count). The highest BCUT2D eigenvalue weighted by molar-refractivity contribution is 5.48. The molecule has 0 N–H and O–H groups in total. The summed E-state index contributed by atoms with van der Waals surface area (Å²) in [5, 5.41) is 0. The molecule has 0 unspecified atom stereocenters. The van der Waals surface area contributed by atoms with Crippen LogP contribution < -0.4 is 4.90 Å². The van der Waals surface area contributed by atoms with Crippen molar-refractivity contribution in [3.05, 3.63) is 54.6 Å². The lowest BCUT2D eigenvalue weighted by Crippen LogP contribution is -2.26. The standard InChI is InChI=1S/C14H19N/c1-12(2)10-15(11-13(3)4)14-8-6-5-7-9-14/h5-9H,1,3,10-11H2,2,4H3. The Hall–Kier alpha value is -1.50. The molecule has 0 heterocycles. The SMILES string of the molecule is C=C(C)CN(CC(=C)C)c1ccccc1. The second-order valence-corrected chi connectivity index (χ2v) is 4.11. The van der Waals surface area contributed by atoms with Gasteiger partial charge in [-0.3, -0.25) is 0 Å². The lowest BCUT2D eigenvalue weighted by Gasteiger charge is -2.25. The first-order valence-corrected chi connectivity index (χ1v) is 5.18. The van der Waals surface area contributed by atoms with Gasteiger partial charge in [-0.2, -0.15) is 0 Å². The number of nitrogens with zero attached hydrogens (tertiary/aromatic N) is 1. The van der Waals surface area contributed by atoms with Crippen LogP contribution in [0.15, 0.2) is 54.6 Å². The minimum atomic E-state index is 0.886. The van der Waals surface area contributed by atoms with Crippen molar-refractivity contribution < 1.29 is 0 Å². The van der Waals surface area contributed by atoms with Crippen molar-refractivity contribution >= 4 is 5.69 Å². The highest BCUT2D eigenvalue weighted by atomic mass is 15.1. The molecule has 0 amide bonds. The van der Waals surface area contributed by atoms with E-state index in [1.54, 1.807) is 0 Å². The summed E-state index contributed by atoms with van der Waals surface area (Å²) in [5.41, 5.74) is 3.56. The lowest BCUT2D eigenvalue weighted by atomic mass is 10.2. The van der Waals surface area contributed by atoms with E-state index in [1.807, 2.05) is 19.9 Å². The molecule has 0 saturated heterocycles. The van der Waals surface area contributed by atoms with Crippen molar-refractivity contribution in [2.45, 2.75) is 13.8 Å². The van der Waals surface area contributed by atoms with Gasteiger partial charge >= 0.3 is 0 Å². The molecule has 80 valence electrons. The molecule has 0 radical (unpaired) electrons. The van der Waals surface area contributed by atoms with Crippen LogP contribution in [0.5, 0.6) is 0 Å². The highest BCUT2D eigenvalue weighted by Gasteiger charge is 2.05. The number of anilines is 1. The van der Waals surface area contributed by atoms with E-state index >= 15 is 0 Å². The molecular formula is C14H19N. The van der Waals surface area contributed by atoms with Gasteiger partial charge in [-0.25, -0.2) is 0 Å². The third kappa shape index (κ3) is 4.03. The average Bonchev–Trinajstić information content (AvgIpc) is 2.17. The smallest absolute Gasteiger partial charge is 0.0387 e. The van der Waals surface area contributed by atoms with E-state index in [0.29, 0.717) is 0 Å². The minimum absolute atomic E-state index is 0.886. The normalized spacial score (nSPS) is 9.73. The Labute approximate surface area is 92.7 Å².